The van der Waals surface area contributed by atoms with Crippen LogP contribution in [-0.2, 0) is 4.79 Å². The van der Waals surface area contributed by atoms with Crippen LogP contribution in [0.15, 0.2) is 18.2 Å². The second-order valence-electron chi connectivity index (χ2n) is 6.71. The van der Waals surface area contributed by atoms with E-state index in [0.717, 1.165) is 37.8 Å². The van der Waals surface area contributed by atoms with Gasteiger partial charge in [0.15, 0.2) is 11.6 Å². The highest BCUT2D eigenvalue weighted by atomic mass is 19.2. The summed E-state index contributed by atoms with van der Waals surface area (Å²) in [6.45, 7) is 1.91. The molecule has 1 aromatic carbocycles. The summed E-state index contributed by atoms with van der Waals surface area (Å²) >= 11 is 0. The number of amides is 3. The Labute approximate surface area is 146 Å². The maximum absolute atomic E-state index is 13.2. The fourth-order valence-electron chi connectivity index (χ4n) is 3.51. The van der Waals surface area contributed by atoms with Crippen molar-refractivity contribution in [1.82, 2.24) is 9.80 Å². The first-order valence-electron chi connectivity index (χ1n) is 8.84. The minimum atomic E-state index is -0.999. The Morgan fingerprint density at radius 1 is 0.920 bits per heavy atom. The highest BCUT2D eigenvalue weighted by Gasteiger charge is 2.29. The largest absolute Gasteiger partial charge is 0.339 e. The lowest BCUT2D eigenvalue weighted by atomic mass is 9.88. The van der Waals surface area contributed by atoms with Gasteiger partial charge >= 0.3 is 6.03 Å². The van der Waals surface area contributed by atoms with Crippen molar-refractivity contribution >= 4 is 17.6 Å². The molecule has 1 saturated carbocycles. The summed E-state index contributed by atoms with van der Waals surface area (Å²) in [4.78, 5) is 28.2. The molecule has 7 heteroatoms. The molecule has 0 spiro atoms. The van der Waals surface area contributed by atoms with Crippen molar-refractivity contribution in [3.63, 3.8) is 0 Å². The van der Waals surface area contributed by atoms with E-state index in [1.54, 1.807) is 4.90 Å². The molecule has 0 atom stereocenters. The summed E-state index contributed by atoms with van der Waals surface area (Å²) in [5.74, 6) is -1.61. The molecule has 3 amide bonds. The van der Waals surface area contributed by atoms with Crippen molar-refractivity contribution in [2.45, 2.75) is 32.1 Å². The van der Waals surface area contributed by atoms with Crippen LogP contribution in [0.4, 0.5) is 19.3 Å². The fraction of sp³-hybridized carbons (Fsp3) is 0.556. The molecule has 3 rings (SSSR count). The van der Waals surface area contributed by atoms with Crippen LogP contribution in [0.2, 0.25) is 0 Å². The molecule has 5 nitrogen and oxygen atoms in total. The average Bonchev–Trinajstić information content (AvgIpc) is 2.65. The molecular weight excluding hydrogens is 328 g/mol. The number of hydrogen-bond acceptors (Lipinski definition) is 2. The Balaban J connectivity index is 1.50. The van der Waals surface area contributed by atoms with Crippen LogP contribution in [0.1, 0.15) is 32.1 Å². The van der Waals surface area contributed by atoms with Crippen molar-refractivity contribution in [2.75, 3.05) is 31.5 Å². The molecule has 0 radical (unpaired) electrons. The van der Waals surface area contributed by atoms with Crippen molar-refractivity contribution in [3.05, 3.63) is 29.8 Å². The molecule has 1 aliphatic heterocycles. The minimum absolute atomic E-state index is 0.135. The Morgan fingerprint density at radius 2 is 1.56 bits per heavy atom. The number of nitrogens with zero attached hydrogens (tertiary/aromatic N) is 2. The summed E-state index contributed by atoms with van der Waals surface area (Å²) in [6.07, 6.45) is 5.38. The first-order chi connectivity index (χ1) is 12.0. The first-order valence-corrected chi connectivity index (χ1v) is 8.84. The monoisotopic (exact) mass is 351 g/mol. The van der Waals surface area contributed by atoms with Crippen LogP contribution in [-0.4, -0.2) is 47.9 Å². The summed E-state index contributed by atoms with van der Waals surface area (Å²) in [6, 6.07) is 2.89. The van der Waals surface area contributed by atoms with Crippen LogP contribution < -0.4 is 5.32 Å². The summed E-state index contributed by atoms with van der Waals surface area (Å²) < 4.78 is 26.1. The number of carbonyl (C=O) groups excluding carboxylic acids is 2. The van der Waals surface area contributed by atoms with Gasteiger partial charge in [-0.25, -0.2) is 13.6 Å². The molecule has 1 aliphatic carbocycles. The molecular formula is C18H23F2N3O2. The lowest BCUT2D eigenvalue weighted by Crippen LogP contribution is -2.53. The zero-order chi connectivity index (χ0) is 17.8. The lowest BCUT2D eigenvalue weighted by Gasteiger charge is -2.37. The number of rotatable bonds is 2. The van der Waals surface area contributed by atoms with E-state index in [-0.39, 0.29) is 23.5 Å². The molecule has 1 N–H and O–H groups in total. The molecule has 0 unspecified atom stereocenters. The lowest BCUT2D eigenvalue weighted by molar-refractivity contribution is -0.138. The van der Waals surface area contributed by atoms with Crippen LogP contribution in [0.5, 0.6) is 0 Å². The maximum atomic E-state index is 13.2. The number of nitrogens with one attached hydrogen (secondary N) is 1. The average molecular weight is 351 g/mol. The number of hydrogen-bond donors (Lipinski definition) is 1. The second kappa shape index (κ2) is 7.80. The number of halogens is 2. The van der Waals surface area contributed by atoms with E-state index in [9.17, 15) is 18.4 Å². The normalized spacial score (nSPS) is 19.0. The number of urea groups is 1. The molecule has 25 heavy (non-hydrogen) atoms. The van der Waals surface area contributed by atoms with Gasteiger partial charge in [0.05, 0.1) is 0 Å². The van der Waals surface area contributed by atoms with Crippen LogP contribution in [0, 0.1) is 17.6 Å². The predicted octanol–water partition coefficient (Wildman–Crippen LogP) is 3.22. The Bertz CT molecular complexity index is 639. The topological polar surface area (TPSA) is 52.7 Å². The summed E-state index contributed by atoms with van der Waals surface area (Å²) in [5.41, 5.74) is 0.213. The molecule has 0 aromatic heterocycles. The molecule has 1 saturated heterocycles. The predicted molar refractivity (Wildman–Crippen MR) is 90.1 cm³/mol. The third kappa shape index (κ3) is 4.27. The van der Waals surface area contributed by atoms with Gasteiger partial charge in [-0.1, -0.05) is 19.3 Å². The van der Waals surface area contributed by atoms with Gasteiger partial charge in [-0.05, 0) is 25.0 Å². The highest BCUT2D eigenvalue weighted by molar-refractivity contribution is 5.89. The maximum Gasteiger partial charge on any atom is 0.321 e. The molecule has 1 aromatic rings. The SMILES string of the molecule is O=C(Nc1ccc(F)c(F)c1)N1CCN(C(=O)C2CCCCC2)CC1. The van der Waals surface area contributed by atoms with E-state index < -0.39 is 11.6 Å². The molecule has 0 bridgehead atoms. The second-order valence-corrected chi connectivity index (χ2v) is 6.71. The third-order valence-electron chi connectivity index (χ3n) is 5.00. The Hall–Kier alpha value is -2.18. The Morgan fingerprint density at radius 3 is 2.20 bits per heavy atom. The molecule has 1 heterocycles. The van der Waals surface area contributed by atoms with E-state index in [2.05, 4.69) is 5.32 Å². The van der Waals surface area contributed by atoms with Gasteiger partial charge in [0.2, 0.25) is 5.91 Å². The molecule has 2 fully saturated rings. The minimum Gasteiger partial charge on any atom is -0.339 e. The van der Waals surface area contributed by atoms with Gasteiger partial charge in [0.25, 0.3) is 0 Å². The number of carbonyl (C=O) groups is 2. The van der Waals surface area contributed by atoms with Gasteiger partial charge in [-0.3, -0.25) is 4.79 Å². The highest BCUT2D eigenvalue weighted by Crippen LogP contribution is 2.26. The van der Waals surface area contributed by atoms with Gasteiger partial charge in [0.1, 0.15) is 0 Å². The fourth-order valence-corrected chi connectivity index (χ4v) is 3.51. The van der Waals surface area contributed by atoms with Gasteiger partial charge in [-0.15, -0.1) is 0 Å². The van der Waals surface area contributed by atoms with Crippen LogP contribution in [0.3, 0.4) is 0 Å². The van der Waals surface area contributed by atoms with Crippen molar-refractivity contribution in [3.8, 4) is 0 Å². The van der Waals surface area contributed by atoms with E-state index in [1.807, 2.05) is 4.90 Å². The molecule has 136 valence electrons. The van der Waals surface area contributed by atoms with E-state index >= 15 is 0 Å². The van der Waals surface area contributed by atoms with E-state index in [0.29, 0.717) is 26.2 Å². The third-order valence-corrected chi connectivity index (χ3v) is 5.00. The molecule has 2 aliphatic rings. The Kier molecular flexibility index (Phi) is 5.50. The van der Waals surface area contributed by atoms with E-state index in [1.165, 1.54) is 12.5 Å². The number of anilines is 1. The van der Waals surface area contributed by atoms with Crippen molar-refractivity contribution in [2.24, 2.45) is 5.92 Å². The number of piperazine rings is 1. The summed E-state index contributed by atoms with van der Waals surface area (Å²) in [5, 5.41) is 2.56. The van der Waals surface area contributed by atoms with Gasteiger partial charge in [0, 0.05) is 43.9 Å². The van der Waals surface area contributed by atoms with Gasteiger partial charge < -0.3 is 15.1 Å². The van der Waals surface area contributed by atoms with Gasteiger partial charge in [-0.2, -0.15) is 0 Å². The zero-order valence-electron chi connectivity index (χ0n) is 14.1. The van der Waals surface area contributed by atoms with Crippen molar-refractivity contribution < 1.29 is 18.4 Å². The van der Waals surface area contributed by atoms with Crippen molar-refractivity contribution in [1.29, 1.82) is 0 Å². The van der Waals surface area contributed by atoms with E-state index in [4.69, 9.17) is 0 Å². The first kappa shape index (κ1) is 17.6. The quantitative estimate of drug-likeness (QED) is 0.889. The number of benzene rings is 1. The smallest absolute Gasteiger partial charge is 0.321 e. The standard InChI is InChI=1S/C18H23F2N3O2/c19-15-7-6-14(12-16(15)20)21-18(25)23-10-8-22(9-11-23)17(24)13-4-2-1-3-5-13/h6-7,12-13H,1-5,8-11H2,(H,21,25). The zero-order valence-corrected chi connectivity index (χ0v) is 14.1. The van der Waals surface area contributed by atoms with Crippen LogP contribution in [0.25, 0.3) is 0 Å². The summed E-state index contributed by atoms with van der Waals surface area (Å²) in [7, 11) is 0. The van der Waals surface area contributed by atoms with Crippen LogP contribution >= 0.6 is 0 Å².